The number of hydrogen-bond donors (Lipinski definition) is 1. The van der Waals surface area contributed by atoms with Gasteiger partial charge in [0.2, 0.25) is 0 Å². The normalized spacial score (nSPS) is 26.1. The maximum atomic E-state index is 11.8. The zero-order valence-corrected chi connectivity index (χ0v) is 10.3. The minimum atomic E-state index is -1.83. The van der Waals surface area contributed by atoms with Crippen molar-refractivity contribution >= 4 is 12.2 Å². The molecule has 1 aromatic rings. The van der Waals surface area contributed by atoms with Crippen LogP contribution in [-0.2, 0) is 18.8 Å². The Balaban J connectivity index is 2.90. The second-order valence-corrected chi connectivity index (χ2v) is 4.22. The minimum absolute atomic E-state index is 0.269. The number of ether oxygens (including phenoxy) is 1. The molecule has 1 aliphatic rings. The summed E-state index contributed by atoms with van der Waals surface area (Å²) in [5.41, 5.74) is 3.69. The molecule has 2 N–H and O–H groups in total. The van der Waals surface area contributed by atoms with Crippen LogP contribution in [0.3, 0.4) is 0 Å². The fraction of sp³-hybridized carbons (Fsp3) is 0.500. The van der Waals surface area contributed by atoms with Gasteiger partial charge in [0.05, 0.1) is 15.6 Å². The lowest BCUT2D eigenvalue weighted by Crippen LogP contribution is -2.58. The van der Waals surface area contributed by atoms with Crippen LogP contribution in [0.15, 0.2) is 4.79 Å². The number of nitro groups is 1. The number of hydrogen-bond acceptors (Lipinski definition) is 5. The molecule has 0 bridgehead atoms. The summed E-state index contributed by atoms with van der Waals surface area (Å²) in [7, 11) is 4.35. The van der Waals surface area contributed by atoms with Crippen LogP contribution in [0.4, 0.5) is 0 Å². The maximum absolute atomic E-state index is 11.8. The summed E-state index contributed by atoms with van der Waals surface area (Å²) in [5.74, 6) is 0. The first-order valence-corrected chi connectivity index (χ1v) is 5.27. The predicted molar refractivity (Wildman–Crippen MR) is 63.5 cm³/mol. The molecule has 0 aromatic carbocycles. The fourth-order valence-corrected chi connectivity index (χ4v) is 2.17. The summed E-state index contributed by atoms with van der Waals surface area (Å²) in [5, 5.41) is 12.2. The van der Waals surface area contributed by atoms with Crippen molar-refractivity contribution in [3.8, 4) is 0 Å². The van der Waals surface area contributed by atoms with E-state index in [1.807, 2.05) is 0 Å². The predicted octanol–water partition coefficient (Wildman–Crippen LogP) is -2.75. The molecule has 2 atom stereocenters. The molecule has 8 nitrogen and oxygen atoms in total. The van der Waals surface area contributed by atoms with Crippen molar-refractivity contribution < 1.29 is 9.66 Å². The van der Waals surface area contributed by atoms with Crippen molar-refractivity contribution in [1.29, 1.82) is 0 Å². The van der Waals surface area contributed by atoms with Crippen LogP contribution in [0.2, 0.25) is 0 Å². The largest absolute Gasteiger partial charge is 0.365 e. The van der Waals surface area contributed by atoms with E-state index in [1.54, 1.807) is 14.1 Å². The second-order valence-electron chi connectivity index (χ2n) is 4.22. The Morgan fingerprint density at radius 3 is 2.50 bits per heavy atom. The Hall–Kier alpha value is -1.93. The van der Waals surface area contributed by atoms with Crippen LogP contribution < -0.4 is 22.1 Å². The number of fused-ring (bicyclic) bond motifs is 1. The molecule has 0 saturated heterocycles. The third-order valence-electron chi connectivity index (χ3n) is 3.33. The van der Waals surface area contributed by atoms with Crippen molar-refractivity contribution in [3.05, 3.63) is 31.3 Å². The monoisotopic (exact) mass is 254 g/mol. The van der Waals surface area contributed by atoms with Crippen molar-refractivity contribution in [2.45, 2.75) is 11.8 Å². The Morgan fingerprint density at radius 2 is 2.00 bits per heavy atom. The van der Waals surface area contributed by atoms with E-state index in [0.29, 0.717) is 10.7 Å². The summed E-state index contributed by atoms with van der Waals surface area (Å²) >= 11 is 0. The molecule has 8 heteroatoms. The number of aromatic nitrogens is 2. The molecular weight excluding hydrogens is 240 g/mol. The lowest BCUT2D eigenvalue weighted by Gasteiger charge is -2.25. The molecule has 2 unspecified atom stereocenters. The standard InChI is InChI=1S/C10H14N4O4/c1-12-6-4-8(11)10(18-3,14(16)17)5-7(6)13(2)9(12)15/h4-5,8H,11H2,1-3H3. The highest BCUT2D eigenvalue weighted by Gasteiger charge is 2.48. The molecule has 0 fully saturated rings. The topological polar surface area (TPSA) is 105 Å². The first-order chi connectivity index (χ1) is 8.35. The van der Waals surface area contributed by atoms with Crippen LogP contribution in [0.25, 0.3) is 12.2 Å². The number of nitrogens with zero attached hydrogens (tertiary/aromatic N) is 3. The van der Waals surface area contributed by atoms with E-state index >= 15 is 0 Å². The van der Waals surface area contributed by atoms with Crippen LogP contribution in [0.5, 0.6) is 0 Å². The average molecular weight is 254 g/mol. The van der Waals surface area contributed by atoms with Crippen molar-refractivity contribution in [3.63, 3.8) is 0 Å². The average Bonchev–Trinajstić information content (AvgIpc) is 2.53. The van der Waals surface area contributed by atoms with Gasteiger partial charge in [-0.15, -0.1) is 0 Å². The third-order valence-corrected chi connectivity index (χ3v) is 3.33. The van der Waals surface area contributed by atoms with Gasteiger partial charge in [-0.1, -0.05) is 0 Å². The summed E-state index contributed by atoms with van der Waals surface area (Å²) < 4.78 is 7.70. The van der Waals surface area contributed by atoms with E-state index in [0.717, 1.165) is 0 Å². The molecule has 0 saturated carbocycles. The van der Waals surface area contributed by atoms with E-state index in [4.69, 9.17) is 10.5 Å². The molecule has 1 heterocycles. The van der Waals surface area contributed by atoms with Gasteiger partial charge in [-0.05, 0) is 6.08 Å². The van der Waals surface area contributed by atoms with Gasteiger partial charge in [0.25, 0.3) is 0 Å². The van der Waals surface area contributed by atoms with Gasteiger partial charge in [-0.3, -0.25) is 19.2 Å². The molecule has 1 aliphatic carbocycles. The first-order valence-electron chi connectivity index (χ1n) is 5.27. The highest BCUT2D eigenvalue weighted by Crippen LogP contribution is 2.19. The van der Waals surface area contributed by atoms with E-state index in [-0.39, 0.29) is 5.69 Å². The number of nitrogens with two attached hydrogens (primary N) is 1. The molecule has 2 rings (SSSR count). The zero-order chi connectivity index (χ0) is 13.7. The maximum Gasteiger partial charge on any atom is 0.365 e. The van der Waals surface area contributed by atoms with Crippen molar-refractivity contribution in [1.82, 2.24) is 9.13 Å². The van der Waals surface area contributed by atoms with Gasteiger partial charge >= 0.3 is 11.4 Å². The van der Waals surface area contributed by atoms with Gasteiger partial charge in [0, 0.05) is 27.3 Å². The first kappa shape index (κ1) is 12.5. The Bertz CT molecular complexity index is 686. The van der Waals surface area contributed by atoms with Crippen molar-refractivity contribution in [2.75, 3.05) is 7.11 Å². The molecule has 0 spiro atoms. The van der Waals surface area contributed by atoms with Gasteiger partial charge < -0.3 is 10.5 Å². The van der Waals surface area contributed by atoms with E-state index < -0.39 is 16.7 Å². The summed E-state index contributed by atoms with van der Waals surface area (Å²) in [4.78, 5) is 22.4. The van der Waals surface area contributed by atoms with Crippen LogP contribution >= 0.6 is 0 Å². The summed E-state index contributed by atoms with van der Waals surface area (Å²) in [6.45, 7) is 0. The highest BCUT2D eigenvalue weighted by molar-refractivity contribution is 5.47. The van der Waals surface area contributed by atoms with Crippen molar-refractivity contribution in [2.24, 2.45) is 19.8 Å². The van der Waals surface area contributed by atoms with E-state index in [2.05, 4.69) is 0 Å². The van der Waals surface area contributed by atoms with Crippen LogP contribution in [-0.4, -0.2) is 32.9 Å². The molecule has 0 aliphatic heterocycles. The van der Waals surface area contributed by atoms with E-state index in [9.17, 15) is 14.9 Å². The Kier molecular flexibility index (Phi) is 2.63. The minimum Gasteiger partial charge on any atom is -0.316 e. The summed E-state index contributed by atoms with van der Waals surface area (Å²) in [6, 6.07) is -0.960. The SMILES string of the molecule is COC1([N+](=O)[O-])C=c2c(n(C)c(=O)n2C)=CC1N. The molecule has 18 heavy (non-hydrogen) atoms. The number of methoxy groups -OCH3 is 1. The smallest absolute Gasteiger partial charge is 0.316 e. The molecule has 98 valence electrons. The zero-order valence-electron chi connectivity index (χ0n) is 10.3. The van der Waals surface area contributed by atoms with Gasteiger partial charge in [0.15, 0.2) is 0 Å². The second kappa shape index (κ2) is 3.79. The third kappa shape index (κ3) is 1.36. The number of rotatable bonds is 2. The Morgan fingerprint density at radius 1 is 1.44 bits per heavy atom. The molecule has 0 amide bonds. The lowest BCUT2D eigenvalue weighted by atomic mass is 10.00. The Labute approximate surface area is 102 Å². The lowest BCUT2D eigenvalue weighted by molar-refractivity contribution is -0.605. The molecule has 1 aromatic heterocycles. The van der Waals surface area contributed by atoms with Gasteiger partial charge in [0.1, 0.15) is 6.04 Å². The quantitative estimate of drug-likeness (QED) is 0.350. The highest BCUT2D eigenvalue weighted by atomic mass is 16.7. The van der Waals surface area contributed by atoms with Crippen LogP contribution in [0, 0.1) is 10.1 Å². The van der Waals surface area contributed by atoms with Crippen LogP contribution in [0.1, 0.15) is 0 Å². The van der Waals surface area contributed by atoms with Gasteiger partial charge in [-0.25, -0.2) is 4.79 Å². The van der Waals surface area contributed by atoms with E-state index in [1.165, 1.54) is 28.4 Å². The molecule has 0 radical (unpaired) electrons. The molecular formula is C10H14N4O4. The van der Waals surface area contributed by atoms with Gasteiger partial charge in [-0.2, -0.15) is 0 Å². The summed E-state index contributed by atoms with van der Waals surface area (Å²) in [6.07, 6.45) is 2.76. The fourth-order valence-electron chi connectivity index (χ4n) is 2.17. The number of imidazole rings is 1.